The summed E-state index contributed by atoms with van der Waals surface area (Å²) < 4.78 is 30.4. The molecule has 1 atom stereocenters. The van der Waals surface area contributed by atoms with Gasteiger partial charge in [-0.3, -0.25) is 19.7 Å². The Morgan fingerprint density at radius 2 is 1.83 bits per heavy atom. The number of carbonyl (C=O) groups excluding carboxylic acids is 1. The molecule has 2 aromatic carbocycles. The largest absolute Gasteiger partial charge is 0.398 e. The van der Waals surface area contributed by atoms with E-state index in [4.69, 9.17) is 13.6 Å². The molecule has 0 saturated heterocycles. The van der Waals surface area contributed by atoms with Crippen molar-refractivity contribution in [3.05, 3.63) is 82.2 Å². The van der Waals surface area contributed by atoms with E-state index in [-0.39, 0.29) is 28.1 Å². The molecular weight excluding hydrogens is 465 g/mol. The normalized spacial score (nSPS) is 13.8. The fraction of sp³-hybridized carbons (Fsp3) is 0.269. The zero-order valence-electron chi connectivity index (χ0n) is 20.5. The Morgan fingerprint density at radius 1 is 1.19 bits per heavy atom. The molecule has 0 fully saturated rings. The van der Waals surface area contributed by atoms with E-state index in [0.29, 0.717) is 23.0 Å². The van der Waals surface area contributed by atoms with Crippen LogP contribution in [0.2, 0.25) is 0 Å². The molecule has 36 heavy (non-hydrogen) atoms. The number of hydrogen-bond donors (Lipinski definition) is 3. The lowest BCUT2D eigenvalue weighted by Crippen LogP contribution is -2.45. The number of benzene rings is 2. The number of halogens is 2. The van der Waals surface area contributed by atoms with Crippen LogP contribution in [0, 0.1) is 11.6 Å². The van der Waals surface area contributed by atoms with Gasteiger partial charge in [0.2, 0.25) is 0 Å². The Bertz CT molecular complexity index is 1300. The van der Waals surface area contributed by atoms with Crippen molar-refractivity contribution in [2.45, 2.75) is 31.6 Å². The van der Waals surface area contributed by atoms with Crippen molar-refractivity contribution in [3.63, 3.8) is 0 Å². The zero-order chi connectivity index (χ0) is 26.8. The van der Waals surface area contributed by atoms with Crippen molar-refractivity contribution < 1.29 is 23.8 Å². The van der Waals surface area contributed by atoms with Crippen LogP contribution in [-0.2, 0) is 17.8 Å². The van der Waals surface area contributed by atoms with Gasteiger partial charge in [0.25, 0.3) is 0 Å². The third-order valence-corrected chi connectivity index (χ3v) is 5.95. The lowest BCUT2D eigenvalue weighted by molar-refractivity contribution is -0.0357. The third kappa shape index (κ3) is 5.21. The highest BCUT2D eigenvalue weighted by Crippen LogP contribution is 2.36. The Balaban J connectivity index is 2.03. The van der Waals surface area contributed by atoms with Gasteiger partial charge in [0, 0.05) is 53.9 Å². The van der Waals surface area contributed by atoms with Crippen LogP contribution < -0.4 is 5.73 Å². The summed E-state index contributed by atoms with van der Waals surface area (Å²) in [7, 11) is 8.89. The molecule has 0 aliphatic rings. The second-order valence-electron chi connectivity index (χ2n) is 8.99. The van der Waals surface area contributed by atoms with E-state index < -0.39 is 29.4 Å². The first-order chi connectivity index (χ1) is 16.8. The zero-order valence-corrected chi connectivity index (χ0v) is 20.5. The van der Waals surface area contributed by atoms with Gasteiger partial charge in [-0.2, -0.15) is 0 Å². The Kier molecular flexibility index (Phi) is 7.73. The Morgan fingerprint density at radius 3 is 2.39 bits per heavy atom. The number of nitrogens with two attached hydrogens (primary N) is 1. The second kappa shape index (κ2) is 10.3. The maximum Gasteiger partial charge on any atom is 0.152 e. The minimum atomic E-state index is -2.28. The summed E-state index contributed by atoms with van der Waals surface area (Å²) in [4.78, 5) is 20.4. The molecule has 4 N–H and O–H groups in total. The molecule has 7 nitrogen and oxygen atoms in total. The van der Waals surface area contributed by atoms with E-state index in [9.17, 15) is 15.0 Å². The van der Waals surface area contributed by atoms with E-state index in [2.05, 4.69) is 9.98 Å². The average Bonchev–Trinajstić information content (AvgIpc) is 2.81. The molecule has 1 heterocycles. The number of anilines is 1. The predicted molar refractivity (Wildman–Crippen MR) is 136 cm³/mol. The van der Waals surface area contributed by atoms with Gasteiger partial charge in [0.05, 0.1) is 11.3 Å². The summed E-state index contributed by atoms with van der Waals surface area (Å²) in [5.41, 5.74) is 4.04. The molecule has 0 aliphatic heterocycles. The first-order valence-electron chi connectivity index (χ1n) is 11.0. The van der Waals surface area contributed by atoms with Crippen molar-refractivity contribution in [2.75, 3.05) is 19.8 Å². The molecular formula is C26H27BF2N4O3. The number of aliphatic hydroxyl groups is 2. The van der Waals surface area contributed by atoms with Crippen LogP contribution in [0.15, 0.2) is 47.6 Å². The van der Waals surface area contributed by atoms with Crippen LogP contribution in [0.25, 0.3) is 11.1 Å². The second-order valence-corrected chi connectivity index (χ2v) is 8.99. The van der Waals surface area contributed by atoms with E-state index in [0.717, 1.165) is 17.0 Å². The molecule has 0 saturated carbocycles. The first kappa shape index (κ1) is 27.1. The number of nitrogen functional groups attached to an aromatic ring is 1. The molecule has 0 amide bonds. The SMILES string of the molecule is [B]C(O)(c1ncccc1C=O)N(C)Cc1c(F)cc(-c2ccc(C(C)(C)O)c(N)c2C=NC)cc1F. The van der Waals surface area contributed by atoms with Gasteiger partial charge in [-0.05, 0) is 56.3 Å². The third-order valence-electron chi connectivity index (χ3n) is 5.95. The highest BCUT2D eigenvalue weighted by atomic mass is 19.1. The van der Waals surface area contributed by atoms with Crippen molar-refractivity contribution in [1.29, 1.82) is 0 Å². The molecule has 0 aliphatic carbocycles. The van der Waals surface area contributed by atoms with Crippen molar-refractivity contribution in [3.8, 4) is 11.1 Å². The van der Waals surface area contributed by atoms with Crippen LogP contribution in [-0.4, -0.2) is 54.5 Å². The number of aromatic nitrogens is 1. The average molecular weight is 492 g/mol. The highest BCUT2D eigenvalue weighted by Gasteiger charge is 2.33. The monoisotopic (exact) mass is 492 g/mol. The number of nitrogens with zero attached hydrogens (tertiary/aromatic N) is 3. The molecule has 186 valence electrons. The molecule has 3 aromatic rings. The highest BCUT2D eigenvalue weighted by molar-refractivity contribution is 6.14. The van der Waals surface area contributed by atoms with Gasteiger partial charge in [0.15, 0.2) is 6.29 Å². The van der Waals surface area contributed by atoms with E-state index in [1.54, 1.807) is 26.0 Å². The van der Waals surface area contributed by atoms with Crippen molar-refractivity contribution >= 4 is 26.0 Å². The van der Waals surface area contributed by atoms with E-state index in [1.165, 1.54) is 38.6 Å². The van der Waals surface area contributed by atoms with Crippen LogP contribution in [0.1, 0.15) is 46.6 Å². The lowest BCUT2D eigenvalue weighted by Gasteiger charge is -2.35. The fourth-order valence-corrected chi connectivity index (χ4v) is 3.96. The van der Waals surface area contributed by atoms with Crippen molar-refractivity contribution in [1.82, 2.24) is 9.88 Å². The number of pyridine rings is 1. The smallest absolute Gasteiger partial charge is 0.152 e. The summed E-state index contributed by atoms with van der Waals surface area (Å²) in [6.07, 6.45) is 3.29. The molecule has 1 unspecified atom stereocenters. The molecule has 3 rings (SSSR count). The number of rotatable bonds is 8. The first-order valence-corrected chi connectivity index (χ1v) is 11.0. The minimum absolute atomic E-state index is 0.0443. The predicted octanol–water partition coefficient (Wildman–Crippen LogP) is 3.10. The topological polar surface area (TPSA) is 112 Å². The van der Waals surface area contributed by atoms with Crippen LogP contribution in [0.4, 0.5) is 14.5 Å². The Labute approximate surface area is 209 Å². The van der Waals surface area contributed by atoms with Crippen LogP contribution in [0.5, 0.6) is 0 Å². The minimum Gasteiger partial charge on any atom is -0.398 e. The van der Waals surface area contributed by atoms with Gasteiger partial charge < -0.3 is 15.9 Å². The summed E-state index contributed by atoms with van der Waals surface area (Å²) in [5, 5.41) is 21.3. The van der Waals surface area contributed by atoms with Gasteiger partial charge in [-0.1, -0.05) is 12.1 Å². The van der Waals surface area contributed by atoms with Gasteiger partial charge in [-0.15, -0.1) is 0 Å². The number of aldehydes is 1. The molecule has 10 heteroatoms. The number of carbonyl (C=O) groups is 1. The van der Waals surface area contributed by atoms with E-state index >= 15 is 8.78 Å². The molecule has 0 spiro atoms. The Hall–Kier alpha value is -3.47. The number of aliphatic imine (C=N–C) groups is 1. The van der Waals surface area contributed by atoms with Crippen LogP contribution in [0.3, 0.4) is 0 Å². The standard InChI is InChI=1S/C26H27BF2N4O3/c1-25(2,35)20-8-7-17(18(12-31-3)23(20)30)16-10-21(28)19(22(29)11-16)13-33(4)26(27,36)24-15(14-34)6-5-9-32-24/h5-12,14,35-36H,13,30H2,1-4H3. The quantitative estimate of drug-likeness (QED) is 0.147. The lowest BCUT2D eigenvalue weighted by atomic mass is 9.83. The van der Waals surface area contributed by atoms with Crippen LogP contribution >= 0.6 is 0 Å². The maximum atomic E-state index is 15.2. The van der Waals surface area contributed by atoms with Gasteiger partial charge in [-0.25, -0.2) is 8.78 Å². The maximum absolute atomic E-state index is 15.2. The van der Waals surface area contributed by atoms with Crippen molar-refractivity contribution in [2.24, 2.45) is 4.99 Å². The summed E-state index contributed by atoms with van der Waals surface area (Å²) >= 11 is 0. The van der Waals surface area contributed by atoms with Gasteiger partial charge >= 0.3 is 0 Å². The van der Waals surface area contributed by atoms with Gasteiger partial charge in [0.1, 0.15) is 25.1 Å². The number of hydrogen-bond acceptors (Lipinski definition) is 7. The summed E-state index contributed by atoms with van der Waals surface area (Å²) in [6.45, 7) is 2.73. The molecule has 1 aromatic heterocycles. The molecule has 2 radical (unpaired) electrons. The summed E-state index contributed by atoms with van der Waals surface area (Å²) in [6, 6.07) is 8.42. The fourth-order valence-electron chi connectivity index (χ4n) is 3.96. The van der Waals surface area contributed by atoms with E-state index in [1.807, 2.05) is 0 Å². The molecule has 0 bridgehead atoms. The summed E-state index contributed by atoms with van der Waals surface area (Å²) in [5.74, 6) is -1.76.